The molecular formula is C20H23ClN3O. The van der Waals surface area contributed by atoms with Gasteiger partial charge in [-0.2, -0.15) is 0 Å². The van der Waals surface area contributed by atoms with Crippen molar-refractivity contribution >= 4 is 28.2 Å². The summed E-state index contributed by atoms with van der Waals surface area (Å²) in [5.41, 5.74) is 1.95. The molecule has 0 aliphatic heterocycles. The normalized spacial score (nSPS) is 16.2. The van der Waals surface area contributed by atoms with Crippen LogP contribution in [0.15, 0.2) is 30.5 Å². The minimum Gasteiger partial charge on any atom is -0.395 e. The number of nitrogens with one attached hydrogen (secondary N) is 1. The summed E-state index contributed by atoms with van der Waals surface area (Å²) in [6.45, 7) is 5.58. The van der Waals surface area contributed by atoms with E-state index in [1.165, 1.54) is 11.8 Å². The van der Waals surface area contributed by atoms with Gasteiger partial charge in [-0.3, -0.25) is 4.98 Å². The van der Waals surface area contributed by atoms with Crippen molar-refractivity contribution in [2.45, 2.75) is 6.92 Å². The first-order valence-electron chi connectivity index (χ1n) is 8.55. The Labute approximate surface area is 155 Å². The molecule has 0 atom stereocenters. The molecule has 3 rings (SSSR count). The fourth-order valence-corrected chi connectivity index (χ4v) is 3.14. The molecule has 5 heteroatoms. The maximum absolute atomic E-state index is 9.10. The Balaban J connectivity index is 1.55. The maximum atomic E-state index is 9.10. The van der Waals surface area contributed by atoms with Crippen LogP contribution in [-0.2, 0) is 0 Å². The van der Waals surface area contributed by atoms with E-state index in [1.54, 1.807) is 6.20 Å². The fourth-order valence-electron chi connectivity index (χ4n) is 2.98. The van der Waals surface area contributed by atoms with E-state index in [4.69, 9.17) is 16.7 Å². The van der Waals surface area contributed by atoms with Crippen molar-refractivity contribution in [1.29, 1.82) is 0 Å². The highest BCUT2D eigenvalue weighted by Crippen LogP contribution is 2.33. The van der Waals surface area contributed by atoms with Crippen LogP contribution in [0.2, 0.25) is 5.02 Å². The van der Waals surface area contributed by atoms with Gasteiger partial charge in [-0.1, -0.05) is 18.5 Å². The second-order valence-corrected chi connectivity index (χ2v) is 6.53. The highest BCUT2D eigenvalue weighted by atomic mass is 35.5. The van der Waals surface area contributed by atoms with E-state index in [9.17, 15) is 0 Å². The van der Waals surface area contributed by atoms with Gasteiger partial charge in [0.05, 0.1) is 12.1 Å². The van der Waals surface area contributed by atoms with Gasteiger partial charge in [0.1, 0.15) is 0 Å². The van der Waals surface area contributed by atoms with Gasteiger partial charge in [0, 0.05) is 47.8 Å². The lowest BCUT2D eigenvalue weighted by Crippen LogP contribution is -2.30. The molecule has 1 aromatic heterocycles. The Morgan fingerprint density at radius 3 is 2.84 bits per heavy atom. The highest BCUT2D eigenvalue weighted by molar-refractivity contribution is 6.31. The van der Waals surface area contributed by atoms with Gasteiger partial charge in [-0.05, 0) is 56.0 Å². The predicted molar refractivity (Wildman–Crippen MR) is 104 cm³/mol. The number of rotatable bonds is 8. The van der Waals surface area contributed by atoms with Crippen molar-refractivity contribution < 1.29 is 5.11 Å². The molecule has 2 N–H and O–H groups in total. The first-order chi connectivity index (χ1) is 12.2. The molecule has 1 aliphatic carbocycles. The Morgan fingerprint density at radius 2 is 2.04 bits per heavy atom. The number of likely N-dealkylation sites (N-methyl/N-ethyl adjacent to an activating group) is 1. The van der Waals surface area contributed by atoms with Crippen molar-refractivity contribution in [3.05, 3.63) is 66.6 Å². The van der Waals surface area contributed by atoms with E-state index in [2.05, 4.69) is 41.4 Å². The van der Waals surface area contributed by atoms with E-state index < -0.39 is 0 Å². The number of pyridine rings is 1. The number of halogens is 1. The Hall–Kier alpha value is -1.36. The second-order valence-electron chi connectivity index (χ2n) is 6.09. The van der Waals surface area contributed by atoms with Crippen LogP contribution < -0.4 is 5.32 Å². The molecule has 4 nitrogen and oxygen atoms in total. The van der Waals surface area contributed by atoms with Crippen LogP contribution in [-0.4, -0.2) is 47.8 Å². The van der Waals surface area contributed by atoms with Gasteiger partial charge in [0.25, 0.3) is 0 Å². The number of hydrogen-bond donors (Lipinski definition) is 2. The van der Waals surface area contributed by atoms with E-state index in [-0.39, 0.29) is 6.61 Å². The third-order valence-electron chi connectivity index (χ3n) is 4.34. The zero-order valence-corrected chi connectivity index (χ0v) is 15.1. The fraction of sp³-hybridized carbons (Fsp3) is 0.300. The van der Waals surface area contributed by atoms with Crippen LogP contribution >= 0.6 is 11.6 Å². The number of aliphatic hydroxyl groups excluding tert-OH is 1. The predicted octanol–water partition coefficient (Wildman–Crippen LogP) is 3.39. The van der Waals surface area contributed by atoms with E-state index in [0.29, 0.717) is 11.6 Å². The Bertz CT molecular complexity index is 694. The molecule has 5 radical (unpaired) electrons. The molecule has 131 valence electrons. The maximum Gasteiger partial charge on any atom is 0.0737 e. The average Bonchev–Trinajstić information content (AvgIpc) is 3.06. The summed E-state index contributed by atoms with van der Waals surface area (Å²) >= 11 is 6.04. The third-order valence-corrected chi connectivity index (χ3v) is 4.57. The summed E-state index contributed by atoms with van der Waals surface area (Å²) in [6, 6.07) is 7.75. The molecule has 0 saturated heterocycles. The Kier molecular flexibility index (Phi) is 6.51. The smallest absolute Gasteiger partial charge is 0.0737 e. The number of fused-ring (bicyclic) bond motifs is 1. The average molecular weight is 357 g/mol. The monoisotopic (exact) mass is 356 g/mol. The number of aromatic nitrogens is 1. The van der Waals surface area contributed by atoms with Crippen LogP contribution in [0.3, 0.4) is 0 Å². The van der Waals surface area contributed by atoms with E-state index in [1.807, 2.05) is 24.3 Å². The Morgan fingerprint density at radius 1 is 1.20 bits per heavy atom. The number of nitrogens with zero attached hydrogens (tertiary/aromatic N) is 2. The van der Waals surface area contributed by atoms with E-state index in [0.717, 1.165) is 36.2 Å². The van der Waals surface area contributed by atoms with Crippen LogP contribution in [0.5, 0.6) is 0 Å². The van der Waals surface area contributed by atoms with Crippen molar-refractivity contribution in [1.82, 2.24) is 9.88 Å². The molecule has 0 spiro atoms. The lowest BCUT2D eigenvalue weighted by molar-refractivity contribution is 0.208. The molecule has 25 heavy (non-hydrogen) atoms. The van der Waals surface area contributed by atoms with Gasteiger partial charge in [-0.15, -0.1) is 0 Å². The van der Waals surface area contributed by atoms with Crippen molar-refractivity contribution in [2.24, 2.45) is 0 Å². The first-order valence-corrected chi connectivity index (χ1v) is 8.93. The summed E-state index contributed by atoms with van der Waals surface area (Å²) in [6.07, 6.45) is 8.32. The molecule has 1 fully saturated rings. The minimum absolute atomic E-state index is 0.197. The SMILES string of the molecule is CCN(CCO)C[C]1[CH][CH][C](CNc2ccnc3cc(Cl)ccc23)[CH]1. The topological polar surface area (TPSA) is 48.4 Å². The molecule has 1 aliphatic rings. The van der Waals surface area contributed by atoms with Crippen molar-refractivity contribution in [3.63, 3.8) is 0 Å². The van der Waals surface area contributed by atoms with Gasteiger partial charge in [0.15, 0.2) is 0 Å². The summed E-state index contributed by atoms with van der Waals surface area (Å²) in [4.78, 5) is 6.60. The van der Waals surface area contributed by atoms with Gasteiger partial charge in [-0.25, -0.2) is 0 Å². The van der Waals surface area contributed by atoms with Crippen LogP contribution in [0.1, 0.15) is 6.92 Å². The lowest BCUT2D eigenvalue weighted by atomic mass is 10.0. The minimum atomic E-state index is 0.197. The second kappa shape index (κ2) is 8.84. The summed E-state index contributed by atoms with van der Waals surface area (Å²) in [7, 11) is 0. The molecule has 1 saturated carbocycles. The number of benzene rings is 1. The quantitative estimate of drug-likeness (QED) is 0.761. The van der Waals surface area contributed by atoms with Gasteiger partial charge >= 0.3 is 0 Å². The molecule has 1 aromatic carbocycles. The van der Waals surface area contributed by atoms with Crippen molar-refractivity contribution in [2.75, 3.05) is 38.1 Å². The summed E-state index contributed by atoms with van der Waals surface area (Å²) < 4.78 is 0. The molecular weight excluding hydrogens is 334 g/mol. The standard InChI is InChI=1S/C20H23ClN3O/c1-2-24(9-10-25)14-16-4-3-15(11-16)13-23-19-7-8-22-20-12-17(21)5-6-18(19)20/h3-8,11-12,25H,2,9-10,13-14H2,1H3,(H,22,23). The number of hydrogen-bond acceptors (Lipinski definition) is 4. The van der Waals surface area contributed by atoms with E-state index >= 15 is 0 Å². The summed E-state index contributed by atoms with van der Waals surface area (Å²) in [5, 5.41) is 14.4. The summed E-state index contributed by atoms with van der Waals surface area (Å²) in [5.74, 6) is 2.52. The molecule has 0 unspecified atom stereocenters. The zero-order valence-electron chi connectivity index (χ0n) is 14.4. The largest absolute Gasteiger partial charge is 0.395 e. The molecule has 0 amide bonds. The van der Waals surface area contributed by atoms with Gasteiger partial charge in [0.2, 0.25) is 0 Å². The van der Waals surface area contributed by atoms with Crippen LogP contribution in [0.25, 0.3) is 10.9 Å². The lowest BCUT2D eigenvalue weighted by Gasteiger charge is -2.22. The third kappa shape index (κ3) is 4.84. The molecule has 1 heterocycles. The number of anilines is 1. The number of aliphatic hydroxyl groups is 1. The highest BCUT2D eigenvalue weighted by Gasteiger charge is 2.27. The van der Waals surface area contributed by atoms with Crippen LogP contribution in [0.4, 0.5) is 5.69 Å². The zero-order chi connectivity index (χ0) is 17.6. The molecule has 2 aromatic rings. The van der Waals surface area contributed by atoms with Crippen molar-refractivity contribution in [3.8, 4) is 0 Å². The first kappa shape index (κ1) is 18.4. The van der Waals surface area contributed by atoms with Crippen LogP contribution in [0, 0.1) is 31.1 Å². The van der Waals surface area contributed by atoms with Gasteiger partial charge < -0.3 is 15.3 Å². The molecule has 0 bridgehead atoms.